The van der Waals surface area contributed by atoms with Crippen LogP contribution in [0.2, 0.25) is 0 Å². The van der Waals surface area contributed by atoms with E-state index in [0.29, 0.717) is 0 Å². The van der Waals surface area contributed by atoms with Crippen molar-refractivity contribution in [3.05, 3.63) is 35.9 Å². The second-order valence-electron chi connectivity index (χ2n) is 4.93. The molecule has 118 valence electrons. The van der Waals surface area contributed by atoms with Crippen molar-refractivity contribution in [1.29, 1.82) is 0 Å². The second-order valence-corrected chi connectivity index (χ2v) is 4.93. The van der Waals surface area contributed by atoms with E-state index < -0.39 is 30.2 Å². The van der Waals surface area contributed by atoms with Crippen LogP contribution in [0.3, 0.4) is 0 Å². The van der Waals surface area contributed by atoms with Gasteiger partial charge in [0.25, 0.3) is 0 Å². The Kier molecular flexibility index (Phi) is 4.82. The van der Waals surface area contributed by atoms with E-state index in [2.05, 4.69) is 5.32 Å². The fourth-order valence-corrected chi connectivity index (χ4v) is 2.32. The number of amides is 2. The van der Waals surface area contributed by atoms with Crippen LogP contribution in [0.1, 0.15) is 12.0 Å². The summed E-state index contributed by atoms with van der Waals surface area (Å²) in [7, 11) is 0. The van der Waals surface area contributed by atoms with Gasteiger partial charge in [0.15, 0.2) is 0 Å². The minimum Gasteiger partial charge on any atom is -0.480 e. The third-order valence-electron chi connectivity index (χ3n) is 3.37. The lowest BCUT2D eigenvalue weighted by atomic mass is 10.2. The van der Waals surface area contributed by atoms with E-state index in [-0.39, 0.29) is 19.6 Å². The number of nitrogens with one attached hydrogen (secondary N) is 1. The highest BCUT2D eigenvalue weighted by molar-refractivity contribution is 5.80. The number of ether oxygens (including phenoxy) is 1. The molecule has 1 aromatic rings. The van der Waals surface area contributed by atoms with Crippen LogP contribution in [-0.4, -0.2) is 51.9 Å². The van der Waals surface area contributed by atoms with Crippen molar-refractivity contribution in [2.24, 2.45) is 0 Å². The van der Waals surface area contributed by atoms with Crippen LogP contribution >= 0.6 is 0 Å². The Labute approximate surface area is 126 Å². The molecular weight excluding hydrogens is 292 g/mol. The molecule has 2 atom stereocenters. The van der Waals surface area contributed by atoms with Crippen LogP contribution in [0.4, 0.5) is 9.59 Å². The van der Waals surface area contributed by atoms with Crippen molar-refractivity contribution in [3.63, 3.8) is 0 Å². The maximum atomic E-state index is 11.7. The molecular formula is C14H16N2O6. The zero-order valence-electron chi connectivity index (χ0n) is 11.6. The molecule has 2 rings (SSSR count). The highest BCUT2D eigenvalue weighted by atomic mass is 16.5. The van der Waals surface area contributed by atoms with Gasteiger partial charge in [0.1, 0.15) is 12.6 Å². The largest absolute Gasteiger partial charge is 0.480 e. The molecule has 1 aromatic carbocycles. The molecule has 1 fully saturated rings. The number of carbonyl (C=O) groups is 3. The first-order valence-electron chi connectivity index (χ1n) is 6.67. The smallest absolute Gasteiger partial charge is 0.408 e. The summed E-state index contributed by atoms with van der Waals surface area (Å²) in [5.41, 5.74) is 0.819. The SMILES string of the molecule is O=C(N[C@@H]1C[C@@H](C(=O)O)N(C(=O)O)C1)OCc1ccccc1. The Morgan fingerprint density at radius 1 is 1.23 bits per heavy atom. The summed E-state index contributed by atoms with van der Waals surface area (Å²) >= 11 is 0. The Balaban J connectivity index is 1.84. The van der Waals surface area contributed by atoms with E-state index in [1.807, 2.05) is 18.2 Å². The molecule has 0 spiro atoms. The Bertz CT molecular complexity index is 540. The number of carboxylic acids is 1. The number of carboxylic acid groups (broad SMARTS) is 2. The molecule has 1 aliphatic heterocycles. The Morgan fingerprint density at radius 3 is 2.45 bits per heavy atom. The number of aliphatic carboxylic acids is 1. The lowest BCUT2D eigenvalue weighted by Crippen LogP contribution is -2.40. The van der Waals surface area contributed by atoms with Gasteiger partial charge in [-0.3, -0.25) is 4.90 Å². The van der Waals surface area contributed by atoms with Crippen LogP contribution in [0.5, 0.6) is 0 Å². The fourth-order valence-electron chi connectivity index (χ4n) is 2.32. The number of alkyl carbamates (subject to hydrolysis) is 1. The molecule has 8 heteroatoms. The summed E-state index contributed by atoms with van der Waals surface area (Å²) in [5, 5.41) is 20.4. The molecule has 0 saturated carbocycles. The first-order valence-corrected chi connectivity index (χ1v) is 6.67. The summed E-state index contributed by atoms with van der Waals surface area (Å²) in [6.07, 6.45) is -2.01. The molecule has 1 aliphatic rings. The van der Waals surface area contributed by atoms with Crippen LogP contribution in [0.25, 0.3) is 0 Å². The number of hydrogen-bond donors (Lipinski definition) is 3. The van der Waals surface area contributed by atoms with Crippen LogP contribution in [0.15, 0.2) is 30.3 Å². The zero-order chi connectivity index (χ0) is 16.1. The topological polar surface area (TPSA) is 116 Å². The average Bonchev–Trinajstić information content (AvgIpc) is 2.90. The van der Waals surface area contributed by atoms with Gasteiger partial charge in [-0.05, 0) is 5.56 Å². The number of rotatable bonds is 4. The molecule has 0 unspecified atom stereocenters. The van der Waals surface area contributed by atoms with Crippen molar-refractivity contribution >= 4 is 18.2 Å². The summed E-state index contributed by atoms with van der Waals surface area (Å²) in [5.74, 6) is -1.23. The van der Waals surface area contributed by atoms with Crippen molar-refractivity contribution in [2.75, 3.05) is 6.54 Å². The van der Waals surface area contributed by atoms with E-state index in [9.17, 15) is 14.4 Å². The summed E-state index contributed by atoms with van der Waals surface area (Å²) in [6, 6.07) is 7.34. The quantitative estimate of drug-likeness (QED) is 0.767. The Morgan fingerprint density at radius 2 is 1.91 bits per heavy atom. The monoisotopic (exact) mass is 308 g/mol. The van der Waals surface area contributed by atoms with Gasteiger partial charge in [-0.15, -0.1) is 0 Å². The highest BCUT2D eigenvalue weighted by Crippen LogP contribution is 2.18. The molecule has 8 nitrogen and oxygen atoms in total. The van der Waals surface area contributed by atoms with Gasteiger partial charge in [-0.2, -0.15) is 0 Å². The molecule has 0 aromatic heterocycles. The second kappa shape index (κ2) is 6.79. The molecule has 3 N–H and O–H groups in total. The lowest BCUT2D eigenvalue weighted by molar-refractivity contribution is -0.141. The molecule has 1 saturated heterocycles. The number of hydrogen-bond acceptors (Lipinski definition) is 4. The molecule has 2 amide bonds. The summed E-state index contributed by atoms with van der Waals surface area (Å²) in [4.78, 5) is 34.5. The zero-order valence-corrected chi connectivity index (χ0v) is 11.6. The van der Waals surface area contributed by atoms with Gasteiger partial charge >= 0.3 is 18.2 Å². The first kappa shape index (κ1) is 15.6. The number of benzene rings is 1. The van der Waals surface area contributed by atoms with E-state index in [1.54, 1.807) is 12.1 Å². The van der Waals surface area contributed by atoms with Gasteiger partial charge in [0, 0.05) is 13.0 Å². The third-order valence-corrected chi connectivity index (χ3v) is 3.37. The minimum absolute atomic E-state index is 0.0159. The minimum atomic E-state index is -1.32. The predicted molar refractivity (Wildman–Crippen MR) is 74.3 cm³/mol. The van der Waals surface area contributed by atoms with Crippen LogP contribution in [0, 0.1) is 0 Å². The number of likely N-dealkylation sites (tertiary alicyclic amines) is 1. The van der Waals surface area contributed by atoms with E-state index >= 15 is 0 Å². The van der Waals surface area contributed by atoms with E-state index in [4.69, 9.17) is 14.9 Å². The predicted octanol–water partition coefficient (Wildman–Crippen LogP) is 1.12. The van der Waals surface area contributed by atoms with Crippen molar-refractivity contribution < 1.29 is 29.3 Å². The van der Waals surface area contributed by atoms with Crippen LogP contribution in [-0.2, 0) is 16.1 Å². The van der Waals surface area contributed by atoms with E-state index in [1.165, 1.54) is 0 Å². The van der Waals surface area contributed by atoms with Gasteiger partial charge in [0.2, 0.25) is 0 Å². The van der Waals surface area contributed by atoms with Gasteiger partial charge < -0.3 is 20.3 Å². The van der Waals surface area contributed by atoms with Crippen molar-refractivity contribution in [1.82, 2.24) is 10.2 Å². The average molecular weight is 308 g/mol. The molecule has 0 radical (unpaired) electrons. The third kappa shape index (κ3) is 3.87. The standard InChI is InChI=1S/C14H16N2O6/c17-12(18)11-6-10(7-16(11)14(20)21)15-13(19)22-8-9-4-2-1-3-5-9/h1-5,10-11H,6-8H2,(H,15,19)(H,17,18)(H,20,21)/t10-,11+/m1/s1. The van der Waals surface area contributed by atoms with Crippen molar-refractivity contribution in [3.8, 4) is 0 Å². The van der Waals surface area contributed by atoms with Gasteiger partial charge in [0.05, 0.1) is 6.04 Å². The lowest BCUT2D eigenvalue weighted by Gasteiger charge is -2.16. The number of carbonyl (C=O) groups excluding carboxylic acids is 1. The molecule has 1 heterocycles. The normalized spacial score (nSPS) is 20.5. The fraction of sp³-hybridized carbons (Fsp3) is 0.357. The molecule has 22 heavy (non-hydrogen) atoms. The number of nitrogens with zero attached hydrogens (tertiary/aromatic N) is 1. The maximum Gasteiger partial charge on any atom is 0.408 e. The molecule has 0 bridgehead atoms. The van der Waals surface area contributed by atoms with Gasteiger partial charge in [-0.25, -0.2) is 14.4 Å². The maximum absolute atomic E-state index is 11.7. The van der Waals surface area contributed by atoms with E-state index in [0.717, 1.165) is 10.5 Å². The van der Waals surface area contributed by atoms with Crippen LogP contribution < -0.4 is 5.32 Å². The summed E-state index contributed by atoms with van der Waals surface area (Å²) in [6.45, 7) is 0.0110. The highest BCUT2D eigenvalue weighted by Gasteiger charge is 2.40. The molecule has 0 aliphatic carbocycles. The summed E-state index contributed by atoms with van der Waals surface area (Å²) < 4.78 is 5.02. The first-order chi connectivity index (χ1) is 10.5. The van der Waals surface area contributed by atoms with Gasteiger partial charge in [-0.1, -0.05) is 30.3 Å². The van der Waals surface area contributed by atoms with Crippen molar-refractivity contribution in [2.45, 2.75) is 25.1 Å². The Hall–Kier alpha value is -2.77.